The Morgan fingerprint density at radius 1 is 1.06 bits per heavy atom. The van der Waals surface area contributed by atoms with Gasteiger partial charge in [-0.25, -0.2) is 4.98 Å². The number of hydrogen-bond donors (Lipinski definition) is 1. The lowest BCUT2D eigenvalue weighted by molar-refractivity contribution is 1.30. The second kappa shape index (κ2) is 5.61. The summed E-state index contributed by atoms with van der Waals surface area (Å²) in [7, 11) is 0. The van der Waals surface area contributed by atoms with Gasteiger partial charge in [0.05, 0.1) is 15.7 Å². The van der Waals surface area contributed by atoms with Crippen LogP contribution in [0.2, 0.25) is 15.2 Å². The predicted octanol–water partition coefficient (Wildman–Crippen LogP) is 5.39. The van der Waals surface area contributed by atoms with Crippen LogP contribution in [0.15, 0.2) is 30.3 Å². The topological polar surface area (TPSA) is 24.9 Å². The first kappa shape index (κ1) is 13.2. The summed E-state index contributed by atoms with van der Waals surface area (Å²) < 4.78 is 0.957. The van der Waals surface area contributed by atoms with Gasteiger partial charge in [0.25, 0.3) is 0 Å². The van der Waals surface area contributed by atoms with Crippen LogP contribution in [0.3, 0.4) is 0 Å². The first-order chi connectivity index (χ1) is 8.06. The zero-order valence-electron chi connectivity index (χ0n) is 8.35. The number of nitrogens with one attached hydrogen (secondary N) is 1. The lowest BCUT2D eigenvalue weighted by Crippen LogP contribution is -1.95. The Balaban J connectivity index is 2.33. The molecule has 0 atom stereocenters. The summed E-state index contributed by atoms with van der Waals surface area (Å²) in [6.45, 7) is 0. The van der Waals surface area contributed by atoms with Crippen molar-refractivity contribution in [3.8, 4) is 0 Å². The zero-order chi connectivity index (χ0) is 12.4. The largest absolute Gasteiger partial charge is 0.339 e. The second-order valence-electron chi connectivity index (χ2n) is 3.22. The molecule has 2 aromatic rings. The molecule has 0 aliphatic rings. The summed E-state index contributed by atoms with van der Waals surface area (Å²) in [5, 5.41) is 4.60. The van der Waals surface area contributed by atoms with E-state index in [1.807, 2.05) is 12.1 Å². The van der Waals surface area contributed by atoms with Crippen molar-refractivity contribution < 1.29 is 0 Å². The molecule has 0 saturated heterocycles. The summed E-state index contributed by atoms with van der Waals surface area (Å²) in [4.78, 5) is 4.14. The fourth-order valence-corrected chi connectivity index (χ4v) is 2.51. The second-order valence-corrected chi connectivity index (χ2v) is 5.58. The van der Waals surface area contributed by atoms with Crippen molar-refractivity contribution in [1.29, 1.82) is 0 Å². The van der Waals surface area contributed by atoms with Gasteiger partial charge in [0.1, 0.15) is 11.0 Å². The van der Waals surface area contributed by atoms with Gasteiger partial charge in [-0.2, -0.15) is 0 Å². The highest BCUT2D eigenvalue weighted by molar-refractivity contribution is 14.1. The van der Waals surface area contributed by atoms with E-state index < -0.39 is 0 Å². The van der Waals surface area contributed by atoms with Crippen LogP contribution in [0.5, 0.6) is 0 Å². The standard InChI is InChI=1S/C11H6Cl3IN2/c12-6-4-8(15)9(5-7(6)13)16-11-3-1-2-10(14)17-11/h1-5H,(H,16,17). The van der Waals surface area contributed by atoms with Gasteiger partial charge in [0, 0.05) is 3.57 Å². The van der Waals surface area contributed by atoms with E-state index in [1.54, 1.807) is 18.2 Å². The van der Waals surface area contributed by atoms with Crippen molar-refractivity contribution in [2.45, 2.75) is 0 Å². The Morgan fingerprint density at radius 2 is 1.76 bits per heavy atom. The molecule has 0 radical (unpaired) electrons. The van der Waals surface area contributed by atoms with Gasteiger partial charge in [-0.15, -0.1) is 0 Å². The summed E-state index contributed by atoms with van der Waals surface area (Å²) in [5.41, 5.74) is 0.842. The summed E-state index contributed by atoms with van der Waals surface area (Å²) >= 11 is 19.9. The molecule has 0 aliphatic heterocycles. The van der Waals surface area contributed by atoms with E-state index in [9.17, 15) is 0 Å². The smallest absolute Gasteiger partial charge is 0.132 e. The fourth-order valence-electron chi connectivity index (χ4n) is 1.23. The van der Waals surface area contributed by atoms with Crippen LogP contribution in [-0.4, -0.2) is 4.98 Å². The number of halogens is 4. The average molecular weight is 399 g/mol. The van der Waals surface area contributed by atoms with Crippen molar-refractivity contribution in [1.82, 2.24) is 4.98 Å². The molecule has 0 aliphatic carbocycles. The highest BCUT2D eigenvalue weighted by atomic mass is 127. The van der Waals surface area contributed by atoms with E-state index in [4.69, 9.17) is 34.8 Å². The van der Waals surface area contributed by atoms with Crippen LogP contribution in [0.1, 0.15) is 0 Å². The van der Waals surface area contributed by atoms with Crippen molar-refractivity contribution in [3.63, 3.8) is 0 Å². The third-order valence-electron chi connectivity index (χ3n) is 1.99. The number of benzene rings is 1. The third kappa shape index (κ3) is 3.37. The molecule has 0 amide bonds. The van der Waals surface area contributed by atoms with Crippen molar-refractivity contribution in [3.05, 3.63) is 49.1 Å². The molecule has 2 nitrogen and oxygen atoms in total. The maximum Gasteiger partial charge on any atom is 0.132 e. The van der Waals surface area contributed by atoms with E-state index in [0.29, 0.717) is 21.0 Å². The van der Waals surface area contributed by atoms with Crippen LogP contribution < -0.4 is 5.32 Å². The molecular formula is C11H6Cl3IN2. The van der Waals surface area contributed by atoms with E-state index >= 15 is 0 Å². The molecule has 0 unspecified atom stereocenters. The van der Waals surface area contributed by atoms with Crippen LogP contribution in [0.4, 0.5) is 11.5 Å². The molecule has 0 bridgehead atoms. The van der Waals surface area contributed by atoms with Gasteiger partial charge < -0.3 is 5.32 Å². The minimum absolute atomic E-state index is 0.435. The normalized spacial score (nSPS) is 10.4. The van der Waals surface area contributed by atoms with Crippen LogP contribution in [0, 0.1) is 3.57 Å². The van der Waals surface area contributed by atoms with Crippen molar-refractivity contribution >= 4 is 68.9 Å². The number of nitrogens with zero attached hydrogens (tertiary/aromatic N) is 1. The molecule has 1 N–H and O–H groups in total. The van der Waals surface area contributed by atoms with Crippen LogP contribution in [0.25, 0.3) is 0 Å². The number of aromatic nitrogens is 1. The maximum atomic E-state index is 5.96. The van der Waals surface area contributed by atoms with Crippen LogP contribution in [-0.2, 0) is 0 Å². The molecule has 1 aromatic carbocycles. The van der Waals surface area contributed by atoms with Gasteiger partial charge in [-0.05, 0) is 46.9 Å². The van der Waals surface area contributed by atoms with Crippen molar-refractivity contribution in [2.75, 3.05) is 5.32 Å². The predicted molar refractivity (Wildman–Crippen MR) is 81.7 cm³/mol. The lowest BCUT2D eigenvalue weighted by atomic mass is 10.3. The fraction of sp³-hybridized carbons (Fsp3) is 0. The molecule has 88 valence electrons. The van der Waals surface area contributed by atoms with Gasteiger partial charge in [0.15, 0.2) is 0 Å². The number of pyridine rings is 1. The molecule has 17 heavy (non-hydrogen) atoms. The molecule has 0 spiro atoms. The lowest BCUT2D eigenvalue weighted by Gasteiger charge is -2.09. The Kier molecular flexibility index (Phi) is 4.36. The summed E-state index contributed by atoms with van der Waals surface area (Å²) in [6, 6.07) is 8.91. The van der Waals surface area contributed by atoms with Gasteiger partial charge >= 0.3 is 0 Å². The highest BCUT2D eigenvalue weighted by Gasteiger charge is 2.06. The Labute approximate surface area is 127 Å². The van der Waals surface area contributed by atoms with Crippen LogP contribution >= 0.6 is 57.4 Å². The summed E-state index contributed by atoms with van der Waals surface area (Å²) in [5.74, 6) is 0.661. The Hall–Kier alpha value is -0.230. The van der Waals surface area contributed by atoms with E-state index in [2.05, 4.69) is 32.9 Å². The Bertz CT molecular complexity index is 560. The van der Waals surface area contributed by atoms with Gasteiger partial charge in [0.2, 0.25) is 0 Å². The molecular weight excluding hydrogens is 393 g/mol. The number of hydrogen-bond acceptors (Lipinski definition) is 2. The number of anilines is 2. The Morgan fingerprint density at radius 3 is 2.47 bits per heavy atom. The summed E-state index contributed by atoms with van der Waals surface area (Å²) in [6.07, 6.45) is 0. The minimum atomic E-state index is 0.435. The zero-order valence-corrected chi connectivity index (χ0v) is 12.8. The van der Waals surface area contributed by atoms with E-state index in [0.717, 1.165) is 9.26 Å². The quantitative estimate of drug-likeness (QED) is 0.416. The third-order valence-corrected chi connectivity index (χ3v) is 3.81. The molecule has 6 heteroatoms. The van der Waals surface area contributed by atoms with Crippen molar-refractivity contribution in [2.24, 2.45) is 0 Å². The minimum Gasteiger partial charge on any atom is -0.339 e. The number of rotatable bonds is 2. The first-order valence-corrected chi connectivity index (χ1v) is 6.81. The molecule has 1 heterocycles. The molecule has 2 rings (SSSR count). The molecule has 0 saturated carbocycles. The van der Waals surface area contributed by atoms with E-state index in [-0.39, 0.29) is 0 Å². The monoisotopic (exact) mass is 398 g/mol. The average Bonchev–Trinajstić information content (AvgIpc) is 2.26. The highest BCUT2D eigenvalue weighted by Crippen LogP contribution is 2.31. The van der Waals surface area contributed by atoms with Gasteiger partial charge in [-0.1, -0.05) is 40.9 Å². The SMILES string of the molecule is Clc1cccc(Nc2cc(Cl)c(Cl)cc2I)n1. The molecule has 0 fully saturated rings. The molecule has 1 aromatic heterocycles. The van der Waals surface area contributed by atoms with E-state index in [1.165, 1.54) is 0 Å². The van der Waals surface area contributed by atoms with Gasteiger partial charge in [-0.3, -0.25) is 0 Å². The maximum absolute atomic E-state index is 5.96. The first-order valence-electron chi connectivity index (χ1n) is 4.60.